The lowest BCUT2D eigenvalue weighted by atomic mass is 10.0. The smallest absolute Gasteiger partial charge is 0.100 e. The van der Waals surface area contributed by atoms with Crippen molar-refractivity contribution < 1.29 is 0 Å². The van der Waals surface area contributed by atoms with Gasteiger partial charge in [0.05, 0.1) is 0 Å². The van der Waals surface area contributed by atoms with E-state index in [0.717, 1.165) is 0 Å². The monoisotopic (exact) mass is 448 g/mol. The lowest BCUT2D eigenvalue weighted by Gasteiger charge is -2.30. The van der Waals surface area contributed by atoms with Gasteiger partial charge in [-0.15, -0.1) is 0 Å². The fraction of sp³-hybridized carbons (Fsp3) is 0.933. The van der Waals surface area contributed by atoms with Crippen LogP contribution in [0.15, 0.2) is 12.4 Å². The van der Waals surface area contributed by atoms with Crippen molar-refractivity contribution in [3.63, 3.8) is 0 Å². The highest BCUT2D eigenvalue weighted by atomic mass is 15.4. The molecule has 1 aliphatic rings. The van der Waals surface area contributed by atoms with E-state index >= 15 is 0 Å². The summed E-state index contributed by atoms with van der Waals surface area (Å²) < 4.78 is 0. The highest BCUT2D eigenvalue weighted by Gasteiger charge is 2.22. The first-order chi connectivity index (χ1) is 15.8. The van der Waals surface area contributed by atoms with Crippen LogP contribution >= 0.6 is 0 Å². The van der Waals surface area contributed by atoms with Crippen molar-refractivity contribution in [3.8, 4) is 0 Å². The van der Waals surface area contributed by atoms with Crippen molar-refractivity contribution in [2.24, 2.45) is 0 Å². The third kappa shape index (κ3) is 16.0. The number of hydrogen-bond donors (Lipinski definition) is 0. The minimum absolute atomic E-state index is 0.623. The summed E-state index contributed by atoms with van der Waals surface area (Å²) in [4.78, 5) is 5.02. The maximum Gasteiger partial charge on any atom is 0.100 e. The van der Waals surface area contributed by atoms with Crippen LogP contribution in [0.25, 0.3) is 0 Å². The van der Waals surface area contributed by atoms with E-state index < -0.39 is 0 Å². The van der Waals surface area contributed by atoms with Gasteiger partial charge in [0.1, 0.15) is 6.17 Å². The van der Waals surface area contributed by atoms with Crippen LogP contribution in [0.3, 0.4) is 0 Å². The number of nitrogens with zero attached hydrogens (tertiary/aromatic N) is 2. The molecule has 0 fully saturated rings. The minimum atomic E-state index is 0.623. The van der Waals surface area contributed by atoms with E-state index in [9.17, 15) is 0 Å². The molecule has 0 aromatic carbocycles. The topological polar surface area (TPSA) is 6.48 Å². The van der Waals surface area contributed by atoms with Gasteiger partial charge < -0.3 is 9.80 Å². The Morgan fingerprint density at radius 2 is 0.844 bits per heavy atom. The van der Waals surface area contributed by atoms with E-state index in [2.05, 4.69) is 43.1 Å². The van der Waals surface area contributed by atoms with Crippen LogP contribution < -0.4 is 0 Å². The van der Waals surface area contributed by atoms with Crippen molar-refractivity contribution in [1.29, 1.82) is 0 Å². The average molecular weight is 449 g/mol. The fourth-order valence-corrected chi connectivity index (χ4v) is 5.17. The van der Waals surface area contributed by atoms with Crippen LogP contribution in [0.2, 0.25) is 0 Å². The molecule has 0 saturated heterocycles. The fourth-order valence-electron chi connectivity index (χ4n) is 5.17. The SMILES string of the molecule is CCCCCCCCCCCCCCCCCCCC1N(C)C=CN1CCCCCCC. The Labute approximate surface area is 203 Å². The standard InChI is InChI=1S/C30H60N2/c1-4-6-8-10-11-12-13-14-15-16-17-18-19-20-21-22-24-26-30-31(3)28-29-32(30)27-25-23-9-7-5-2/h28-30H,4-27H2,1-3H3. The highest BCUT2D eigenvalue weighted by molar-refractivity contribution is 4.95. The van der Waals surface area contributed by atoms with Gasteiger partial charge in [-0.3, -0.25) is 0 Å². The molecule has 1 atom stereocenters. The molecule has 2 heteroatoms. The molecular weight excluding hydrogens is 388 g/mol. The van der Waals surface area contributed by atoms with Gasteiger partial charge >= 0.3 is 0 Å². The number of unbranched alkanes of at least 4 members (excludes halogenated alkanes) is 20. The predicted molar refractivity (Wildman–Crippen MR) is 145 cm³/mol. The molecule has 190 valence electrons. The second kappa shape index (κ2) is 22.1. The largest absolute Gasteiger partial charge is 0.359 e. The quantitative estimate of drug-likeness (QED) is 0.135. The molecule has 0 radical (unpaired) electrons. The Bertz CT molecular complexity index is 406. The molecule has 1 heterocycles. The van der Waals surface area contributed by atoms with Gasteiger partial charge in [0.2, 0.25) is 0 Å². The highest BCUT2D eigenvalue weighted by Crippen LogP contribution is 2.21. The number of rotatable bonds is 24. The Kier molecular flexibility index (Phi) is 20.3. The summed E-state index contributed by atoms with van der Waals surface area (Å²) in [6.07, 6.45) is 38.2. The molecule has 1 rings (SSSR count). The summed E-state index contributed by atoms with van der Waals surface area (Å²) >= 11 is 0. The second-order valence-electron chi connectivity index (χ2n) is 10.5. The van der Waals surface area contributed by atoms with Gasteiger partial charge in [-0.25, -0.2) is 0 Å². The Morgan fingerprint density at radius 3 is 1.28 bits per heavy atom. The predicted octanol–water partition coefficient (Wildman–Crippen LogP) is 10.0. The van der Waals surface area contributed by atoms with E-state index in [1.54, 1.807) is 0 Å². The molecule has 0 aliphatic carbocycles. The van der Waals surface area contributed by atoms with Crippen molar-refractivity contribution in [2.75, 3.05) is 13.6 Å². The van der Waals surface area contributed by atoms with E-state index in [1.807, 2.05) is 0 Å². The minimum Gasteiger partial charge on any atom is -0.359 e. The van der Waals surface area contributed by atoms with E-state index in [1.165, 1.54) is 154 Å². The third-order valence-corrected chi connectivity index (χ3v) is 7.43. The Balaban J connectivity index is 1.85. The molecule has 0 saturated carbocycles. The summed E-state index contributed by atoms with van der Waals surface area (Å²) in [6, 6.07) is 0. The van der Waals surface area contributed by atoms with E-state index in [0.29, 0.717) is 6.17 Å². The molecule has 2 nitrogen and oxygen atoms in total. The zero-order valence-corrected chi connectivity index (χ0v) is 22.6. The Morgan fingerprint density at radius 1 is 0.469 bits per heavy atom. The summed E-state index contributed by atoms with van der Waals surface area (Å²) in [5.74, 6) is 0. The van der Waals surface area contributed by atoms with Crippen LogP contribution in [0.1, 0.15) is 162 Å². The zero-order valence-electron chi connectivity index (χ0n) is 22.6. The van der Waals surface area contributed by atoms with Crippen molar-refractivity contribution in [3.05, 3.63) is 12.4 Å². The first kappa shape index (κ1) is 29.4. The third-order valence-electron chi connectivity index (χ3n) is 7.43. The van der Waals surface area contributed by atoms with Crippen molar-refractivity contribution in [2.45, 2.75) is 168 Å². The molecule has 0 N–H and O–H groups in total. The zero-order chi connectivity index (χ0) is 23.1. The molecule has 0 aromatic heterocycles. The molecule has 0 spiro atoms. The first-order valence-corrected chi connectivity index (χ1v) is 15.0. The Hall–Kier alpha value is -0.660. The van der Waals surface area contributed by atoms with E-state index in [4.69, 9.17) is 0 Å². The lowest BCUT2D eigenvalue weighted by Crippen LogP contribution is -2.37. The maximum atomic E-state index is 2.60. The van der Waals surface area contributed by atoms with Crippen LogP contribution in [-0.2, 0) is 0 Å². The summed E-state index contributed by atoms with van der Waals surface area (Å²) in [5.41, 5.74) is 0. The maximum absolute atomic E-state index is 2.60. The number of hydrogen-bond acceptors (Lipinski definition) is 2. The molecule has 32 heavy (non-hydrogen) atoms. The van der Waals surface area contributed by atoms with Crippen LogP contribution in [0, 0.1) is 0 Å². The van der Waals surface area contributed by atoms with Gasteiger partial charge in [-0.2, -0.15) is 0 Å². The van der Waals surface area contributed by atoms with Crippen LogP contribution in [0.4, 0.5) is 0 Å². The van der Waals surface area contributed by atoms with Gasteiger partial charge in [-0.05, 0) is 19.3 Å². The molecule has 0 amide bonds. The molecule has 0 bridgehead atoms. The van der Waals surface area contributed by atoms with Crippen molar-refractivity contribution >= 4 is 0 Å². The van der Waals surface area contributed by atoms with Crippen LogP contribution in [0.5, 0.6) is 0 Å². The molecular formula is C30H60N2. The van der Waals surface area contributed by atoms with Gasteiger partial charge in [-0.1, -0.05) is 142 Å². The molecule has 0 aromatic rings. The summed E-state index contributed by atoms with van der Waals surface area (Å²) in [5, 5.41) is 0. The van der Waals surface area contributed by atoms with Gasteiger partial charge in [0.15, 0.2) is 0 Å². The second-order valence-corrected chi connectivity index (χ2v) is 10.5. The summed E-state index contributed by atoms with van der Waals surface area (Å²) in [6.45, 7) is 5.85. The summed E-state index contributed by atoms with van der Waals surface area (Å²) in [7, 11) is 2.26. The normalized spacial score (nSPS) is 15.9. The molecule has 1 aliphatic heterocycles. The van der Waals surface area contributed by atoms with Crippen LogP contribution in [-0.4, -0.2) is 29.6 Å². The first-order valence-electron chi connectivity index (χ1n) is 15.0. The molecule has 1 unspecified atom stereocenters. The van der Waals surface area contributed by atoms with E-state index in [-0.39, 0.29) is 0 Å². The van der Waals surface area contributed by atoms with Gasteiger partial charge in [0, 0.05) is 26.0 Å². The van der Waals surface area contributed by atoms with Gasteiger partial charge in [0.25, 0.3) is 0 Å². The lowest BCUT2D eigenvalue weighted by molar-refractivity contribution is 0.159. The average Bonchev–Trinajstić information content (AvgIpc) is 3.15. The van der Waals surface area contributed by atoms with Crippen molar-refractivity contribution in [1.82, 2.24) is 9.80 Å².